The second kappa shape index (κ2) is 7.06. The van der Waals surface area contributed by atoms with Crippen LogP contribution < -0.4 is 5.32 Å². The Kier molecular flexibility index (Phi) is 5.41. The Morgan fingerprint density at radius 1 is 1.32 bits per heavy atom. The molecular weight excluding hydrogens is 232 g/mol. The quantitative estimate of drug-likeness (QED) is 0.875. The molecule has 19 heavy (non-hydrogen) atoms. The van der Waals surface area contributed by atoms with Gasteiger partial charge in [0.2, 0.25) is 0 Å². The van der Waals surface area contributed by atoms with Crippen LogP contribution in [-0.2, 0) is 6.42 Å². The van der Waals surface area contributed by atoms with E-state index in [0.29, 0.717) is 18.1 Å². The van der Waals surface area contributed by atoms with Crippen molar-refractivity contribution in [2.75, 3.05) is 13.6 Å². The van der Waals surface area contributed by atoms with Gasteiger partial charge in [0.1, 0.15) is 0 Å². The molecule has 3 atom stereocenters. The molecule has 1 aliphatic heterocycles. The summed E-state index contributed by atoms with van der Waals surface area (Å²) in [7, 11) is 2.09. The fraction of sp³-hybridized carbons (Fsp3) is 0.647. The molecule has 1 saturated heterocycles. The first-order valence-corrected chi connectivity index (χ1v) is 7.67. The predicted molar refractivity (Wildman–Crippen MR) is 82.5 cm³/mol. The summed E-state index contributed by atoms with van der Waals surface area (Å²) in [5, 5.41) is 3.42. The van der Waals surface area contributed by atoms with Gasteiger partial charge in [-0.2, -0.15) is 0 Å². The van der Waals surface area contributed by atoms with E-state index in [0.717, 1.165) is 0 Å². The number of hydrogen-bond donors (Lipinski definition) is 1. The molecule has 1 aromatic rings. The van der Waals surface area contributed by atoms with Gasteiger partial charge >= 0.3 is 0 Å². The zero-order valence-electron chi connectivity index (χ0n) is 12.6. The molecule has 1 heterocycles. The largest absolute Gasteiger partial charge is 0.317 e. The average Bonchev–Trinajstić information content (AvgIpc) is 2.45. The molecule has 1 aromatic carbocycles. The molecule has 1 aliphatic rings. The van der Waals surface area contributed by atoms with Crippen LogP contribution in [-0.4, -0.2) is 36.6 Å². The van der Waals surface area contributed by atoms with Crippen LogP contribution in [0.5, 0.6) is 0 Å². The van der Waals surface area contributed by atoms with Crippen LogP contribution in [0.3, 0.4) is 0 Å². The molecule has 2 heteroatoms. The summed E-state index contributed by atoms with van der Waals surface area (Å²) in [6.07, 6.45) is 5.03. The highest BCUT2D eigenvalue weighted by Crippen LogP contribution is 2.21. The van der Waals surface area contributed by atoms with E-state index in [4.69, 9.17) is 0 Å². The lowest BCUT2D eigenvalue weighted by molar-refractivity contribution is 0.0933. The van der Waals surface area contributed by atoms with E-state index < -0.39 is 0 Å². The average molecular weight is 260 g/mol. The molecule has 106 valence electrons. The highest BCUT2D eigenvalue weighted by atomic mass is 15.2. The first-order chi connectivity index (χ1) is 9.20. The number of likely N-dealkylation sites (tertiary alicyclic amines) is 1. The third kappa shape index (κ3) is 4.05. The van der Waals surface area contributed by atoms with Crippen molar-refractivity contribution < 1.29 is 0 Å². The zero-order chi connectivity index (χ0) is 13.7. The zero-order valence-corrected chi connectivity index (χ0v) is 12.6. The molecule has 0 amide bonds. The van der Waals surface area contributed by atoms with Gasteiger partial charge in [0.15, 0.2) is 0 Å². The lowest BCUT2D eigenvalue weighted by Gasteiger charge is -2.41. The van der Waals surface area contributed by atoms with Crippen LogP contribution in [0.2, 0.25) is 0 Å². The number of benzene rings is 1. The predicted octanol–water partition coefficient (Wildman–Crippen LogP) is 3.08. The van der Waals surface area contributed by atoms with Crippen LogP contribution in [0.25, 0.3) is 0 Å². The van der Waals surface area contributed by atoms with E-state index in [1.807, 2.05) is 0 Å². The van der Waals surface area contributed by atoms with Gasteiger partial charge < -0.3 is 5.32 Å². The Morgan fingerprint density at radius 2 is 2.05 bits per heavy atom. The molecule has 1 N–H and O–H groups in total. The van der Waals surface area contributed by atoms with E-state index in [1.165, 1.54) is 37.8 Å². The second-order valence-corrected chi connectivity index (χ2v) is 5.97. The molecule has 0 radical (unpaired) electrons. The number of nitrogens with zero attached hydrogens (tertiary/aromatic N) is 1. The van der Waals surface area contributed by atoms with Crippen LogP contribution in [0.15, 0.2) is 30.3 Å². The highest BCUT2D eigenvalue weighted by molar-refractivity contribution is 5.14. The molecule has 2 nitrogen and oxygen atoms in total. The first-order valence-electron chi connectivity index (χ1n) is 7.67. The molecular formula is C17H28N2. The smallest absolute Gasteiger partial charge is 0.00910 e. The van der Waals surface area contributed by atoms with Crippen molar-refractivity contribution in [3.63, 3.8) is 0 Å². The van der Waals surface area contributed by atoms with E-state index in [9.17, 15) is 0 Å². The number of piperidine rings is 1. The van der Waals surface area contributed by atoms with Gasteiger partial charge in [-0.1, -0.05) is 30.3 Å². The summed E-state index contributed by atoms with van der Waals surface area (Å²) >= 11 is 0. The third-order valence-corrected chi connectivity index (χ3v) is 4.60. The van der Waals surface area contributed by atoms with E-state index in [-0.39, 0.29) is 0 Å². The summed E-state index contributed by atoms with van der Waals surface area (Å²) in [5.41, 5.74) is 1.46. The van der Waals surface area contributed by atoms with Crippen molar-refractivity contribution in [3.05, 3.63) is 35.9 Å². The van der Waals surface area contributed by atoms with Crippen molar-refractivity contribution in [1.29, 1.82) is 0 Å². The Hall–Kier alpha value is -0.860. The minimum Gasteiger partial charge on any atom is -0.317 e. The molecule has 0 saturated carbocycles. The first kappa shape index (κ1) is 14.5. The van der Waals surface area contributed by atoms with Crippen molar-refractivity contribution >= 4 is 0 Å². The van der Waals surface area contributed by atoms with Crippen LogP contribution in [0, 0.1) is 0 Å². The van der Waals surface area contributed by atoms with E-state index in [1.54, 1.807) is 0 Å². The lowest BCUT2D eigenvalue weighted by atomic mass is 9.95. The summed E-state index contributed by atoms with van der Waals surface area (Å²) in [6, 6.07) is 13.0. The normalized spacial score (nSPS) is 26.3. The Labute approximate surface area is 118 Å². The topological polar surface area (TPSA) is 15.3 Å². The maximum absolute atomic E-state index is 3.42. The molecule has 1 fully saturated rings. The summed E-state index contributed by atoms with van der Waals surface area (Å²) < 4.78 is 0. The monoisotopic (exact) mass is 260 g/mol. The van der Waals surface area contributed by atoms with Gasteiger partial charge in [-0.15, -0.1) is 0 Å². The number of hydrogen-bond acceptors (Lipinski definition) is 2. The van der Waals surface area contributed by atoms with Gasteiger partial charge in [0.05, 0.1) is 0 Å². The molecule has 2 rings (SSSR count). The maximum Gasteiger partial charge on any atom is 0.00910 e. The minimum absolute atomic E-state index is 0.688. The fourth-order valence-corrected chi connectivity index (χ4v) is 3.29. The van der Waals surface area contributed by atoms with Gasteiger partial charge in [-0.25, -0.2) is 0 Å². The maximum atomic E-state index is 3.42. The van der Waals surface area contributed by atoms with Crippen molar-refractivity contribution in [2.45, 2.75) is 57.7 Å². The van der Waals surface area contributed by atoms with Crippen molar-refractivity contribution in [3.8, 4) is 0 Å². The van der Waals surface area contributed by atoms with Gasteiger partial charge in [0.25, 0.3) is 0 Å². The van der Waals surface area contributed by atoms with Gasteiger partial charge in [-0.05, 0) is 52.1 Å². The lowest BCUT2D eigenvalue weighted by Crippen LogP contribution is -2.50. The Bertz CT molecular complexity index is 363. The molecule has 0 aromatic heterocycles. The van der Waals surface area contributed by atoms with Crippen molar-refractivity contribution in [2.24, 2.45) is 0 Å². The minimum atomic E-state index is 0.688. The number of nitrogens with one attached hydrogen (secondary N) is 1. The third-order valence-electron chi connectivity index (χ3n) is 4.60. The summed E-state index contributed by atoms with van der Waals surface area (Å²) in [4.78, 5) is 2.69. The van der Waals surface area contributed by atoms with Crippen LogP contribution in [0.4, 0.5) is 0 Å². The SMILES string of the molecule is CNC1CCN(C(C)CCc2ccccc2)C(C)C1. The Morgan fingerprint density at radius 3 is 2.68 bits per heavy atom. The standard InChI is InChI=1S/C17H28N2/c1-14(9-10-16-7-5-4-6-8-16)19-12-11-17(18-3)13-15(19)2/h4-8,14-15,17-18H,9-13H2,1-3H3. The second-order valence-electron chi connectivity index (χ2n) is 5.97. The van der Waals surface area contributed by atoms with Crippen molar-refractivity contribution in [1.82, 2.24) is 10.2 Å². The number of rotatable bonds is 5. The molecule has 3 unspecified atom stereocenters. The summed E-state index contributed by atoms with van der Waals surface area (Å²) in [6.45, 7) is 6.00. The summed E-state index contributed by atoms with van der Waals surface area (Å²) in [5.74, 6) is 0. The van der Waals surface area contributed by atoms with Gasteiger partial charge in [0, 0.05) is 24.7 Å². The highest BCUT2D eigenvalue weighted by Gasteiger charge is 2.27. The molecule has 0 spiro atoms. The van der Waals surface area contributed by atoms with Crippen LogP contribution in [0.1, 0.15) is 38.7 Å². The van der Waals surface area contributed by atoms with E-state index >= 15 is 0 Å². The van der Waals surface area contributed by atoms with Gasteiger partial charge in [-0.3, -0.25) is 4.90 Å². The molecule has 0 aliphatic carbocycles. The van der Waals surface area contributed by atoms with Crippen LogP contribution >= 0.6 is 0 Å². The fourth-order valence-electron chi connectivity index (χ4n) is 3.29. The van der Waals surface area contributed by atoms with E-state index in [2.05, 4.69) is 61.4 Å². The number of aryl methyl sites for hydroxylation is 1. The Balaban J connectivity index is 1.81. The molecule has 0 bridgehead atoms.